The lowest BCUT2D eigenvalue weighted by Gasteiger charge is -2.36. The number of hydrogen-bond donors (Lipinski definition) is 2. The van der Waals surface area contributed by atoms with Gasteiger partial charge in [0.05, 0.1) is 12.1 Å². The molecule has 4 unspecified atom stereocenters. The number of carbonyl (C=O) groups is 2. The van der Waals surface area contributed by atoms with Gasteiger partial charge >= 0.3 is 0 Å². The predicted octanol–water partition coefficient (Wildman–Crippen LogP) is 2.45. The predicted molar refractivity (Wildman–Crippen MR) is 98.0 cm³/mol. The van der Waals surface area contributed by atoms with Gasteiger partial charge in [0.1, 0.15) is 0 Å². The summed E-state index contributed by atoms with van der Waals surface area (Å²) in [4.78, 5) is 27.3. The number of nitrogens with zero attached hydrogens (tertiary/aromatic N) is 1. The van der Waals surface area contributed by atoms with Crippen molar-refractivity contribution in [2.45, 2.75) is 23.9 Å². The summed E-state index contributed by atoms with van der Waals surface area (Å²) in [5, 5.41) is 7.25. The van der Waals surface area contributed by atoms with Crippen LogP contribution in [0.2, 0.25) is 0 Å². The highest BCUT2D eigenvalue weighted by Gasteiger charge is 2.58. The van der Waals surface area contributed by atoms with Crippen LogP contribution in [0.3, 0.4) is 0 Å². The molecule has 4 aliphatic rings. The molecule has 2 N–H and O–H groups in total. The van der Waals surface area contributed by atoms with Crippen LogP contribution in [-0.2, 0) is 9.59 Å². The average Bonchev–Trinajstić information content (AvgIpc) is 3.29. The van der Waals surface area contributed by atoms with Gasteiger partial charge in [0.25, 0.3) is 11.8 Å². The summed E-state index contributed by atoms with van der Waals surface area (Å²) < 4.78 is 0. The lowest BCUT2D eigenvalue weighted by atomic mass is 9.69. The Kier molecular flexibility index (Phi) is 2.47. The topological polar surface area (TPSA) is 61.4 Å². The summed E-state index contributed by atoms with van der Waals surface area (Å²) in [6.45, 7) is 0. The van der Waals surface area contributed by atoms with Crippen LogP contribution < -0.4 is 10.6 Å². The van der Waals surface area contributed by atoms with Crippen LogP contribution in [0.4, 0.5) is 11.4 Å². The standard InChI is InChI=1S/C21H17N3O2/c1-24-20(25)16-14-10-6-2-4-8-12(10)22-18(14)19-15(17(16)21(24)26)11-7-3-5-9-13(11)23-19/h2-9,14-15,18-19,22-23H,1H3. The van der Waals surface area contributed by atoms with Gasteiger partial charge in [-0.25, -0.2) is 0 Å². The van der Waals surface area contributed by atoms with Crippen LogP contribution in [-0.4, -0.2) is 35.8 Å². The quantitative estimate of drug-likeness (QED) is 0.722. The summed E-state index contributed by atoms with van der Waals surface area (Å²) in [5.41, 5.74) is 5.69. The highest BCUT2D eigenvalue weighted by atomic mass is 16.2. The van der Waals surface area contributed by atoms with Crippen LogP contribution in [0.15, 0.2) is 59.7 Å². The number of amides is 2. The molecule has 5 nitrogen and oxygen atoms in total. The van der Waals surface area contributed by atoms with Crippen molar-refractivity contribution in [2.24, 2.45) is 0 Å². The van der Waals surface area contributed by atoms with Gasteiger partial charge in [-0.1, -0.05) is 36.4 Å². The molecule has 0 fully saturated rings. The minimum Gasteiger partial charge on any atom is -0.379 e. The van der Waals surface area contributed by atoms with Crippen molar-refractivity contribution >= 4 is 23.2 Å². The SMILES string of the molecule is CN1C(=O)C2=C(C1=O)C1c3ccccc3NC1C1Nc3ccccc3C21. The Morgan fingerprint density at radius 1 is 0.731 bits per heavy atom. The third-order valence-corrected chi connectivity index (χ3v) is 6.32. The molecule has 128 valence electrons. The normalized spacial score (nSPS) is 30.3. The van der Waals surface area contributed by atoms with Gasteiger partial charge in [0.15, 0.2) is 0 Å². The number of carbonyl (C=O) groups excluding carboxylic acids is 2. The van der Waals surface area contributed by atoms with Gasteiger partial charge in [-0.15, -0.1) is 0 Å². The van der Waals surface area contributed by atoms with E-state index in [2.05, 4.69) is 34.9 Å². The fraction of sp³-hybridized carbons (Fsp3) is 0.238. The number of anilines is 2. The zero-order chi connectivity index (χ0) is 17.6. The molecule has 6 rings (SSSR count). The zero-order valence-corrected chi connectivity index (χ0v) is 14.2. The van der Waals surface area contributed by atoms with Gasteiger partial charge in [-0.2, -0.15) is 0 Å². The van der Waals surface area contributed by atoms with Crippen molar-refractivity contribution in [3.63, 3.8) is 0 Å². The van der Waals surface area contributed by atoms with E-state index >= 15 is 0 Å². The molecule has 2 amide bonds. The third-order valence-electron chi connectivity index (χ3n) is 6.32. The highest BCUT2D eigenvalue weighted by molar-refractivity contribution is 6.21. The van der Waals surface area contributed by atoms with E-state index in [1.807, 2.05) is 24.3 Å². The lowest BCUT2D eigenvalue weighted by molar-refractivity contribution is -0.136. The fourth-order valence-corrected chi connectivity index (χ4v) is 5.26. The number of imide groups is 1. The number of benzene rings is 2. The minimum absolute atomic E-state index is 0.0480. The summed E-state index contributed by atoms with van der Waals surface area (Å²) in [5.74, 6) is -0.487. The van der Waals surface area contributed by atoms with Crippen molar-refractivity contribution in [3.8, 4) is 0 Å². The molecule has 2 aromatic rings. The van der Waals surface area contributed by atoms with Crippen molar-refractivity contribution in [1.82, 2.24) is 4.90 Å². The molecular weight excluding hydrogens is 326 g/mol. The molecule has 4 atom stereocenters. The van der Waals surface area contributed by atoms with Crippen LogP contribution in [0.25, 0.3) is 0 Å². The molecule has 0 saturated carbocycles. The molecule has 0 saturated heterocycles. The van der Waals surface area contributed by atoms with Crippen molar-refractivity contribution in [3.05, 3.63) is 70.8 Å². The number of likely N-dealkylation sites (N-methyl/N-ethyl adjacent to an activating group) is 1. The van der Waals surface area contributed by atoms with E-state index in [9.17, 15) is 9.59 Å². The van der Waals surface area contributed by atoms with E-state index in [0.29, 0.717) is 11.1 Å². The number of fused-ring (bicyclic) bond motifs is 9. The van der Waals surface area contributed by atoms with E-state index in [0.717, 1.165) is 22.5 Å². The van der Waals surface area contributed by atoms with E-state index in [1.54, 1.807) is 7.05 Å². The molecule has 0 bridgehead atoms. The Labute approximate surface area is 150 Å². The summed E-state index contributed by atoms with van der Waals surface area (Å²) in [6.07, 6.45) is 0. The first-order valence-electron chi connectivity index (χ1n) is 8.94. The van der Waals surface area contributed by atoms with Crippen molar-refractivity contribution < 1.29 is 9.59 Å². The highest BCUT2D eigenvalue weighted by Crippen LogP contribution is 2.57. The number of nitrogens with one attached hydrogen (secondary N) is 2. The number of para-hydroxylation sites is 2. The van der Waals surface area contributed by atoms with Crippen LogP contribution in [0.1, 0.15) is 23.0 Å². The Balaban J connectivity index is 1.64. The second kappa shape index (κ2) is 4.55. The molecule has 0 radical (unpaired) electrons. The number of hydrogen-bond acceptors (Lipinski definition) is 4. The zero-order valence-electron chi connectivity index (χ0n) is 14.2. The van der Waals surface area contributed by atoms with Gasteiger partial charge < -0.3 is 10.6 Å². The molecule has 0 spiro atoms. The first kappa shape index (κ1) is 14.1. The fourth-order valence-electron chi connectivity index (χ4n) is 5.26. The first-order valence-corrected chi connectivity index (χ1v) is 8.94. The van der Waals surface area contributed by atoms with Crippen LogP contribution >= 0.6 is 0 Å². The Morgan fingerprint density at radius 3 is 1.62 bits per heavy atom. The number of rotatable bonds is 0. The van der Waals surface area contributed by atoms with Crippen molar-refractivity contribution in [1.29, 1.82) is 0 Å². The molecule has 0 aromatic heterocycles. The first-order chi connectivity index (χ1) is 12.7. The van der Waals surface area contributed by atoms with Crippen LogP contribution in [0.5, 0.6) is 0 Å². The second-order valence-corrected chi connectivity index (χ2v) is 7.47. The third kappa shape index (κ3) is 1.48. The Bertz CT molecular complexity index is 960. The monoisotopic (exact) mass is 343 g/mol. The molecule has 3 heterocycles. The lowest BCUT2D eigenvalue weighted by Crippen LogP contribution is -2.46. The summed E-state index contributed by atoms with van der Waals surface area (Å²) in [6, 6.07) is 16.3. The smallest absolute Gasteiger partial charge is 0.257 e. The van der Waals surface area contributed by atoms with Gasteiger partial charge in [0, 0.05) is 41.4 Å². The summed E-state index contributed by atoms with van der Waals surface area (Å²) >= 11 is 0. The van der Waals surface area contributed by atoms with E-state index in [1.165, 1.54) is 4.90 Å². The van der Waals surface area contributed by atoms with E-state index in [-0.39, 0.29) is 35.7 Å². The second-order valence-electron chi connectivity index (χ2n) is 7.47. The van der Waals surface area contributed by atoms with E-state index in [4.69, 9.17) is 0 Å². The molecule has 5 heteroatoms. The maximum absolute atomic E-state index is 13.0. The Morgan fingerprint density at radius 2 is 1.15 bits per heavy atom. The largest absolute Gasteiger partial charge is 0.379 e. The molecule has 3 aliphatic heterocycles. The van der Waals surface area contributed by atoms with Gasteiger partial charge in [-0.3, -0.25) is 14.5 Å². The molecule has 2 aromatic carbocycles. The van der Waals surface area contributed by atoms with E-state index < -0.39 is 0 Å². The minimum atomic E-state index is -0.152. The maximum Gasteiger partial charge on any atom is 0.257 e. The maximum atomic E-state index is 13.0. The molecule has 1 aliphatic carbocycles. The average molecular weight is 343 g/mol. The van der Waals surface area contributed by atoms with Crippen molar-refractivity contribution in [2.75, 3.05) is 17.7 Å². The van der Waals surface area contributed by atoms with Crippen LogP contribution in [0, 0.1) is 0 Å². The molecular formula is C21H17N3O2. The van der Waals surface area contributed by atoms with Gasteiger partial charge in [0.2, 0.25) is 0 Å². The Hall–Kier alpha value is -3.08. The summed E-state index contributed by atoms with van der Waals surface area (Å²) in [7, 11) is 1.59. The molecule has 26 heavy (non-hydrogen) atoms. The van der Waals surface area contributed by atoms with Gasteiger partial charge in [-0.05, 0) is 23.3 Å².